The van der Waals surface area contributed by atoms with E-state index in [2.05, 4.69) is 20.5 Å². The highest BCUT2D eigenvalue weighted by Crippen LogP contribution is 2.35. The number of alkyl halides is 2. The molecule has 3 aromatic heterocycles. The molecule has 1 saturated heterocycles. The molecule has 172 valence electrons. The van der Waals surface area contributed by atoms with Gasteiger partial charge in [0.2, 0.25) is 0 Å². The SMILES string of the molecule is Cc1ccc(-c2cnc3c(N4CCC(F)(F)CC4)cc(C(=O)N[C@@H](C)C4=NN=CC4)cn23)s1. The quantitative estimate of drug-likeness (QED) is 0.594. The molecule has 5 rings (SSSR count). The van der Waals surface area contributed by atoms with Crippen molar-refractivity contribution in [3.8, 4) is 10.6 Å². The Bertz CT molecular complexity index is 1270. The van der Waals surface area contributed by atoms with Crippen LogP contribution in [0.2, 0.25) is 0 Å². The molecule has 2 aliphatic heterocycles. The lowest BCUT2D eigenvalue weighted by molar-refractivity contribution is -0.0220. The summed E-state index contributed by atoms with van der Waals surface area (Å²) in [6.45, 7) is 4.32. The molecule has 1 atom stereocenters. The van der Waals surface area contributed by atoms with Crippen LogP contribution >= 0.6 is 11.3 Å². The first-order chi connectivity index (χ1) is 15.8. The minimum atomic E-state index is -2.66. The second-order valence-corrected chi connectivity index (χ2v) is 9.78. The number of imidazole rings is 1. The summed E-state index contributed by atoms with van der Waals surface area (Å²) in [5, 5.41) is 10.9. The van der Waals surface area contributed by atoms with Gasteiger partial charge in [-0.1, -0.05) is 0 Å². The smallest absolute Gasteiger partial charge is 0.253 e. The number of nitrogens with one attached hydrogen (secondary N) is 1. The van der Waals surface area contributed by atoms with E-state index in [9.17, 15) is 13.6 Å². The Morgan fingerprint density at radius 1 is 1.27 bits per heavy atom. The number of thiophene rings is 1. The Labute approximate surface area is 193 Å². The molecule has 33 heavy (non-hydrogen) atoms. The van der Waals surface area contributed by atoms with E-state index in [-0.39, 0.29) is 37.9 Å². The third-order valence-corrected chi connectivity index (χ3v) is 7.12. The molecule has 1 fully saturated rings. The van der Waals surface area contributed by atoms with Gasteiger partial charge in [-0.15, -0.1) is 11.3 Å². The van der Waals surface area contributed by atoms with Crippen LogP contribution in [0, 0.1) is 6.92 Å². The average molecular weight is 471 g/mol. The number of halogens is 2. The number of hydrogen-bond donors (Lipinski definition) is 1. The van der Waals surface area contributed by atoms with Crippen molar-refractivity contribution < 1.29 is 13.6 Å². The van der Waals surface area contributed by atoms with Gasteiger partial charge < -0.3 is 10.2 Å². The Morgan fingerprint density at radius 2 is 2.06 bits per heavy atom. The van der Waals surface area contributed by atoms with Crippen LogP contribution in [0.15, 0.2) is 40.8 Å². The number of aromatic nitrogens is 2. The van der Waals surface area contributed by atoms with E-state index in [1.54, 1.807) is 36.0 Å². The van der Waals surface area contributed by atoms with Crippen LogP contribution in [0.3, 0.4) is 0 Å². The minimum absolute atomic E-state index is 0.207. The van der Waals surface area contributed by atoms with E-state index in [1.165, 1.54) is 4.88 Å². The van der Waals surface area contributed by atoms with Crippen molar-refractivity contribution in [3.05, 3.63) is 41.0 Å². The van der Waals surface area contributed by atoms with Gasteiger partial charge in [0.25, 0.3) is 11.8 Å². The molecule has 3 aromatic rings. The standard InChI is InChI=1S/C23H24F2N6OS/c1-14-3-4-20(33-14)19-12-26-21-18(30-9-6-23(24,25)7-10-30)11-16(13-31(19)21)22(32)28-15(2)17-5-8-27-29-17/h3-4,8,11-13,15H,5-7,9-10H2,1-2H3,(H,28,32)/t15-/m0/s1. The Hall–Kier alpha value is -3.14. The van der Waals surface area contributed by atoms with Crippen molar-refractivity contribution in [1.29, 1.82) is 0 Å². The molecule has 0 aromatic carbocycles. The summed E-state index contributed by atoms with van der Waals surface area (Å²) in [6.07, 6.45) is 5.42. The van der Waals surface area contributed by atoms with Crippen molar-refractivity contribution in [2.24, 2.45) is 10.2 Å². The van der Waals surface area contributed by atoms with E-state index in [0.29, 0.717) is 23.3 Å². The van der Waals surface area contributed by atoms with Crippen molar-refractivity contribution in [2.75, 3.05) is 18.0 Å². The fourth-order valence-corrected chi connectivity index (χ4v) is 5.05. The molecule has 0 unspecified atom stereocenters. The van der Waals surface area contributed by atoms with Gasteiger partial charge >= 0.3 is 0 Å². The normalized spacial score (nSPS) is 18.5. The molecule has 0 bridgehead atoms. The zero-order valence-corrected chi connectivity index (χ0v) is 19.2. The third kappa shape index (κ3) is 4.27. The summed E-state index contributed by atoms with van der Waals surface area (Å²) < 4.78 is 29.5. The van der Waals surface area contributed by atoms with Gasteiger partial charge in [-0.25, -0.2) is 13.8 Å². The lowest BCUT2D eigenvalue weighted by atomic mass is 10.1. The number of rotatable bonds is 5. The fraction of sp³-hybridized carbons (Fsp3) is 0.391. The number of fused-ring (bicyclic) bond motifs is 1. The maximum absolute atomic E-state index is 13.8. The largest absolute Gasteiger partial charge is 0.368 e. The summed E-state index contributed by atoms with van der Waals surface area (Å²) in [6, 6.07) is 5.55. The van der Waals surface area contributed by atoms with Crippen LogP contribution < -0.4 is 10.2 Å². The van der Waals surface area contributed by atoms with Crippen LogP contribution in [-0.2, 0) is 0 Å². The van der Waals surface area contributed by atoms with Gasteiger partial charge in [0.15, 0.2) is 5.65 Å². The number of aryl methyl sites for hydroxylation is 1. The summed E-state index contributed by atoms with van der Waals surface area (Å²) in [4.78, 5) is 21.9. The van der Waals surface area contributed by atoms with Gasteiger partial charge in [-0.2, -0.15) is 10.2 Å². The molecule has 5 heterocycles. The molecule has 0 radical (unpaired) electrons. The van der Waals surface area contributed by atoms with Crippen LogP contribution in [0.4, 0.5) is 14.5 Å². The molecule has 0 aliphatic carbocycles. The zero-order chi connectivity index (χ0) is 23.2. The average Bonchev–Trinajstić information content (AvgIpc) is 3.53. The number of carbonyl (C=O) groups excluding carboxylic acids is 1. The van der Waals surface area contributed by atoms with Gasteiger partial charge in [0, 0.05) is 49.6 Å². The fourth-order valence-electron chi connectivity index (χ4n) is 4.17. The molecule has 0 saturated carbocycles. The van der Waals surface area contributed by atoms with Crippen LogP contribution in [0.1, 0.15) is 41.4 Å². The summed E-state index contributed by atoms with van der Waals surface area (Å²) in [5.41, 5.74) is 3.43. The van der Waals surface area contributed by atoms with Gasteiger partial charge in [0.05, 0.1) is 39.8 Å². The van der Waals surface area contributed by atoms with Crippen LogP contribution in [0.25, 0.3) is 16.2 Å². The number of hydrogen-bond acceptors (Lipinski definition) is 6. The van der Waals surface area contributed by atoms with Gasteiger partial charge in [-0.3, -0.25) is 9.20 Å². The maximum atomic E-state index is 13.8. The number of pyridine rings is 1. The van der Waals surface area contributed by atoms with E-state index in [0.717, 1.165) is 16.3 Å². The zero-order valence-electron chi connectivity index (χ0n) is 18.4. The van der Waals surface area contributed by atoms with Crippen LogP contribution in [0.5, 0.6) is 0 Å². The van der Waals surface area contributed by atoms with Crippen molar-refractivity contribution in [2.45, 2.75) is 45.1 Å². The molecule has 1 amide bonds. The third-order valence-electron chi connectivity index (χ3n) is 6.09. The Balaban J connectivity index is 1.54. The van der Waals surface area contributed by atoms with E-state index < -0.39 is 5.92 Å². The second kappa shape index (κ2) is 8.33. The van der Waals surface area contributed by atoms with Crippen LogP contribution in [-0.4, -0.2) is 52.3 Å². The monoisotopic (exact) mass is 470 g/mol. The summed E-state index contributed by atoms with van der Waals surface area (Å²) >= 11 is 1.64. The molecule has 2 aliphatic rings. The predicted molar refractivity (Wildman–Crippen MR) is 127 cm³/mol. The van der Waals surface area contributed by atoms with E-state index >= 15 is 0 Å². The number of carbonyl (C=O) groups is 1. The highest BCUT2D eigenvalue weighted by Gasteiger charge is 2.35. The maximum Gasteiger partial charge on any atom is 0.253 e. The molecule has 1 N–H and O–H groups in total. The van der Waals surface area contributed by atoms with E-state index in [1.807, 2.05) is 35.3 Å². The number of amides is 1. The van der Waals surface area contributed by atoms with Crippen molar-refractivity contribution in [3.63, 3.8) is 0 Å². The Morgan fingerprint density at radius 3 is 2.73 bits per heavy atom. The first-order valence-corrected chi connectivity index (χ1v) is 11.7. The van der Waals surface area contributed by atoms with Gasteiger partial charge in [-0.05, 0) is 32.0 Å². The minimum Gasteiger partial charge on any atom is -0.368 e. The van der Waals surface area contributed by atoms with Crippen molar-refractivity contribution >= 4 is 40.5 Å². The number of piperidine rings is 1. The first-order valence-electron chi connectivity index (χ1n) is 10.9. The Kier molecular flexibility index (Phi) is 5.48. The summed E-state index contributed by atoms with van der Waals surface area (Å²) in [7, 11) is 0. The summed E-state index contributed by atoms with van der Waals surface area (Å²) in [5.74, 6) is -2.92. The lowest BCUT2D eigenvalue weighted by Crippen LogP contribution is -2.40. The molecule has 0 spiro atoms. The lowest BCUT2D eigenvalue weighted by Gasteiger charge is -2.33. The molecule has 7 nitrogen and oxygen atoms in total. The molecule has 10 heteroatoms. The number of anilines is 1. The number of nitrogens with zero attached hydrogens (tertiary/aromatic N) is 5. The molecular weight excluding hydrogens is 446 g/mol. The highest BCUT2D eigenvalue weighted by atomic mass is 32.1. The second-order valence-electron chi connectivity index (χ2n) is 8.49. The van der Waals surface area contributed by atoms with Crippen molar-refractivity contribution in [1.82, 2.24) is 14.7 Å². The van der Waals surface area contributed by atoms with Gasteiger partial charge in [0.1, 0.15) is 0 Å². The molecular formula is C23H24F2N6OS. The van der Waals surface area contributed by atoms with E-state index in [4.69, 9.17) is 0 Å². The first kappa shape index (κ1) is 21.7. The highest BCUT2D eigenvalue weighted by molar-refractivity contribution is 7.15. The topological polar surface area (TPSA) is 74.4 Å². The predicted octanol–water partition coefficient (Wildman–Crippen LogP) is 4.56.